The van der Waals surface area contributed by atoms with Crippen LogP contribution in [0.4, 0.5) is 0 Å². The monoisotopic (exact) mass is 439 g/mol. The number of nitrogens with zero attached hydrogens (tertiary/aromatic N) is 5. The molecule has 0 aliphatic rings. The van der Waals surface area contributed by atoms with E-state index in [0.29, 0.717) is 16.9 Å². The summed E-state index contributed by atoms with van der Waals surface area (Å²) in [5, 5.41) is 0. The van der Waals surface area contributed by atoms with Crippen molar-refractivity contribution in [3.63, 3.8) is 0 Å². The number of hydrogen-bond acceptors (Lipinski definition) is 3. The summed E-state index contributed by atoms with van der Waals surface area (Å²) in [5.74, 6) is 0.612. The van der Waals surface area contributed by atoms with Crippen LogP contribution < -0.4 is 11.2 Å². The summed E-state index contributed by atoms with van der Waals surface area (Å²) < 4.78 is 6.53. The molecule has 166 valence electrons. The van der Waals surface area contributed by atoms with E-state index in [0.717, 1.165) is 28.1 Å². The van der Waals surface area contributed by atoms with Gasteiger partial charge in [-0.2, -0.15) is 4.98 Å². The predicted molar refractivity (Wildman–Crippen MR) is 131 cm³/mol. The van der Waals surface area contributed by atoms with Crippen LogP contribution in [0.15, 0.2) is 70.4 Å². The summed E-state index contributed by atoms with van der Waals surface area (Å²) in [7, 11) is 1.66. The van der Waals surface area contributed by atoms with Gasteiger partial charge in [-0.15, -0.1) is 0 Å². The average Bonchev–Trinajstić information content (AvgIpc) is 3.31. The van der Waals surface area contributed by atoms with Gasteiger partial charge in [0.2, 0.25) is 5.78 Å². The molecule has 0 aliphatic heterocycles. The Labute approximate surface area is 190 Å². The molecule has 0 radical (unpaired) electrons. The van der Waals surface area contributed by atoms with Gasteiger partial charge < -0.3 is 0 Å². The van der Waals surface area contributed by atoms with Crippen LogP contribution in [0, 0.1) is 20.8 Å². The van der Waals surface area contributed by atoms with E-state index in [1.807, 2.05) is 67.1 Å². The summed E-state index contributed by atoms with van der Waals surface area (Å²) in [4.78, 5) is 31.2. The first-order chi connectivity index (χ1) is 15.9. The highest BCUT2D eigenvalue weighted by molar-refractivity contribution is 5.76. The fourth-order valence-electron chi connectivity index (χ4n) is 4.29. The molecule has 0 N–H and O–H groups in total. The van der Waals surface area contributed by atoms with Gasteiger partial charge in [-0.25, -0.2) is 4.79 Å². The minimum atomic E-state index is -0.388. The van der Waals surface area contributed by atoms with Gasteiger partial charge >= 0.3 is 5.69 Å². The van der Waals surface area contributed by atoms with Crippen molar-refractivity contribution in [3.05, 3.63) is 104 Å². The Bertz CT molecular complexity index is 1660. The lowest BCUT2D eigenvalue weighted by Gasteiger charge is -2.10. The van der Waals surface area contributed by atoms with Gasteiger partial charge in [0.1, 0.15) is 0 Å². The maximum absolute atomic E-state index is 13.4. The maximum Gasteiger partial charge on any atom is 0.332 e. The second-order valence-corrected chi connectivity index (χ2v) is 8.42. The van der Waals surface area contributed by atoms with Crippen LogP contribution in [-0.2, 0) is 13.6 Å². The SMILES string of the molecule is Cc1ccc(C)c(-n2c(C)cn3c4c(=O)n(CC=Cc5ccccc5)c(=O)n(C)c4nc23)c1. The fraction of sp³-hybridized carbons (Fsp3) is 0.192. The van der Waals surface area contributed by atoms with Gasteiger partial charge in [-0.05, 0) is 43.5 Å². The number of rotatable bonds is 4. The third kappa shape index (κ3) is 3.33. The Morgan fingerprint density at radius 3 is 2.52 bits per heavy atom. The number of benzene rings is 2. The summed E-state index contributed by atoms with van der Waals surface area (Å²) in [5.41, 5.74) is 5.25. The summed E-state index contributed by atoms with van der Waals surface area (Å²) >= 11 is 0. The van der Waals surface area contributed by atoms with Crippen molar-refractivity contribution in [3.8, 4) is 5.69 Å². The van der Waals surface area contributed by atoms with E-state index < -0.39 is 0 Å². The van der Waals surface area contributed by atoms with Crippen molar-refractivity contribution in [2.24, 2.45) is 7.05 Å². The van der Waals surface area contributed by atoms with E-state index in [1.54, 1.807) is 11.4 Å². The van der Waals surface area contributed by atoms with E-state index in [2.05, 4.69) is 25.1 Å². The van der Waals surface area contributed by atoms with Crippen molar-refractivity contribution >= 4 is 23.0 Å². The Hall–Kier alpha value is -4.13. The molecule has 2 aromatic carbocycles. The standard InChI is InChI=1S/C26H25N5O2/c1-17-12-13-18(2)21(15-17)31-19(3)16-30-22-23(27-25(30)31)28(4)26(33)29(24(22)32)14-8-11-20-9-6-5-7-10-20/h5-13,15-16H,14H2,1-4H3. The van der Waals surface area contributed by atoms with E-state index in [9.17, 15) is 9.59 Å². The van der Waals surface area contributed by atoms with Crippen LogP contribution >= 0.6 is 0 Å². The third-order valence-corrected chi connectivity index (χ3v) is 6.03. The molecule has 0 amide bonds. The molecule has 3 aromatic heterocycles. The van der Waals surface area contributed by atoms with Crippen molar-refractivity contribution in [2.75, 3.05) is 0 Å². The van der Waals surface area contributed by atoms with Crippen LogP contribution in [0.2, 0.25) is 0 Å². The molecule has 0 atom stereocenters. The van der Waals surface area contributed by atoms with E-state index >= 15 is 0 Å². The lowest BCUT2D eigenvalue weighted by Crippen LogP contribution is -2.39. The van der Waals surface area contributed by atoms with Crippen LogP contribution in [-0.4, -0.2) is 23.1 Å². The molecule has 33 heavy (non-hydrogen) atoms. The second kappa shape index (κ2) is 7.78. The average molecular weight is 440 g/mol. The number of aromatic nitrogens is 5. The smallest absolute Gasteiger partial charge is 0.283 e. The molecular weight excluding hydrogens is 414 g/mol. The van der Waals surface area contributed by atoms with Crippen molar-refractivity contribution in [2.45, 2.75) is 27.3 Å². The fourth-order valence-corrected chi connectivity index (χ4v) is 4.29. The largest absolute Gasteiger partial charge is 0.332 e. The van der Waals surface area contributed by atoms with Crippen LogP contribution in [0.5, 0.6) is 0 Å². The molecule has 5 rings (SSSR count). The molecule has 0 saturated carbocycles. The van der Waals surface area contributed by atoms with E-state index in [1.165, 1.54) is 9.13 Å². The van der Waals surface area contributed by atoms with Gasteiger partial charge in [0.25, 0.3) is 5.56 Å². The maximum atomic E-state index is 13.4. The van der Waals surface area contributed by atoms with E-state index in [4.69, 9.17) is 4.98 Å². The number of hydrogen-bond donors (Lipinski definition) is 0. The van der Waals surface area contributed by atoms with Gasteiger partial charge in [0.15, 0.2) is 11.2 Å². The lowest BCUT2D eigenvalue weighted by molar-refractivity contribution is 0.667. The van der Waals surface area contributed by atoms with Crippen molar-refractivity contribution in [1.29, 1.82) is 0 Å². The minimum Gasteiger partial charge on any atom is -0.283 e. The zero-order valence-electron chi connectivity index (χ0n) is 19.1. The first-order valence-corrected chi connectivity index (χ1v) is 10.9. The molecule has 0 spiro atoms. The first-order valence-electron chi connectivity index (χ1n) is 10.9. The number of aryl methyl sites for hydroxylation is 4. The normalized spacial score (nSPS) is 11.9. The quantitative estimate of drug-likeness (QED) is 0.428. The van der Waals surface area contributed by atoms with Crippen molar-refractivity contribution < 1.29 is 0 Å². The topological polar surface area (TPSA) is 66.2 Å². The van der Waals surface area contributed by atoms with Crippen LogP contribution in [0.25, 0.3) is 28.7 Å². The molecule has 3 heterocycles. The second-order valence-electron chi connectivity index (χ2n) is 8.42. The number of allylic oxidation sites excluding steroid dienone is 1. The first kappa shape index (κ1) is 20.8. The molecule has 7 heteroatoms. The van der Waals surface area contributed by atoms with Gasteiger partial charge in [-0.3, -0.25) is 22.9 Å². The molecule has 0 fully saturated rings. The van der Waals surface area contributed by atoms with Gasteiger partial charge in [0.05, 0.1) is 5.69 Å². The summed E-state index contributed by atoms with van der Waals surface area (Å²) in [6, 6.07) is 16.0. The molecule has 0 bridgehead atoms. The van der Waals surface area contributed by atoms with Crippen LogP contribution in [0.3, 0.4) is 0 Å². The molecule has 0 saturated heterocycles. The summed E-state index contributed by atoms with van der Waals surface area (Å²) in [6.45, 7) is 6.27. The van der Waals surface area contributed by atoms with Crippen molar-refractivity contribution in [1.82, 2.24) is 23.1 Å². The molecular formula is C26H25N5O2. The number of fused-ring (bicyclic) bond motifs is 3. The Kier molecular flexibility index (Phi) is 4.89. The number of imidazole rings is 2. The lowest BCUT2D eigenvalue weighted by atomic mass is 10.1. The van der Waals surface area contributed by atoms with E-state index in [-0.39, 0.29) is 17.8 Å². The van der Waals surface area contributed by atoms with Gasteiger partial charge in [0, 0.05) is 25.5 Å². The highest BCUT2D eigenvalue weighted by Crippen LogP contribution is 2.24. The summed E-state index contributed by atoms with van der Waals surface area (Å²) in [6.07, 6.45) is 5.64. The highest BCUT2D eigenvalue weighted by atomic mass is 16.2. The molecule has 7 nitrogen and oxygen atoms in total. The highest BCUT2D eigenvalue weighted by Gasteiger charge is 2.21. The van der Waals surface area contributed by atoms with Crippen LogP contribution in [0.1, 0.15) is 22.4 Å². The third-order valence-electron chi connectivity index (χ3n) is 6.03. The zero-order chi connectivity index (χ0) is 23.3. The minimum absolute atomic E-state index is 0.181. The Morgan fingerprint density at radius 1 is 1.00 bits per heavy atom. The molecule has 0 unspecified atom stereocenters. The Morgan fingerprint density at radius 2 is 1.76 bits per heavy atom. The predicted octanol–water partition coefficient (Wildman–Crippen LogP) is 3.78. The Balaban J connectivity index is 1.71. The molecule has 5 aromatic rings. The van der Waals surface area contributed by atoms with Gasteiger partial charge in [-0.1, -0.05) is 54.6 Å². The molecule has 0 aliphatic carbocycles. The zero-order valence-corrected chi connectivity index (χ0v) is 19.1.